The number of anilines is 2. The highest BCUT2D eigenvalue weighted by Gasteiger charge is 2.26. The topological polar surface area (TPSA) is 114 Å². The number of carbonyl (C=O) groups is 1. The van der Waals surface area contributed by atoms with Crippen LogP contribution in [0.4, 0.5) is 15.9 Å². The Morgan fingerprint density at radius 3 is 2.67 bits per heavy atom. The summed E-state index contributed by atoms with van der Waals surface area (Å²) in [6, 6.07) is 9.18. The van der Waals surface area contributed by atoms with Crippen molar-refractivity contribution in [3.8, 4) is 0 Å². The smallest absolute Gasteiger partial charge is 0.330 e. The van der Waals surface area contributed by atoms with Gasteiger partial charge in [-0.1, -0.05) is 31.5 Å². The average Bonchev–Trinajstić information content (AvgIpc) is 3.22. The van der Waals surface area contributed by atoms with Crippen molar-refractivity contribution in [1.29, 1.82) is 0 Å². The maximum atomic E-state index is 14.1. The fourth-order valence-electron chi connectivity index (χ4n) is 3.13. The summed E-state index contributed by atoms with van der Waals surface area (Å²) in [6.07, 6.45) is 2.62. The Labute approximate surface area is 171 Å². The van der Waals surface area contributed by atoms with Crippen LogP contribution in [-0.4, -0.2) is 15.5 Å². The van der Waals surface area contributed by atoms with E-state index in [0.29, 0.717) is 18.7 Å². The van der Waals surface area contributed by atoms with Crippen LogP contribution in [0, 0.1) is 5.82 Å². The Balaban J connectivity index is 2.06. The van der Waals surface area contributed by atoms with Gasteiger partial charge in [0.15, 0.2) is 5.69 Å². The van der Waals surface area contributed by atoms with Crippen LogP contribution in [-0.2, 0) is 24.3 Å². The minimum Gasteiger partial charge on any atom is -0.467 e. The number of nitrogen functional groups attached to an aromatic ring is 1. The average molecular weight is 414 g/mol. The minimum atomic E-state index is -0.793. The number of aromatic amines is 1. The quantitative estimate of drug-likeness (QED) is 0.588. The number of unbranched alkanes of at least 4 members (excludes halogenated alkanes) is 1. The van der Waals surface area contributed by atoms with Crippen LogP contribution < -0.4 is 21.9 Å². The molecule has 1 aromatic carbocycles. The highest BCUT2D eigenvalue weighted by atomic mass is 19.1. The number of hydrogen-bond acceptors (Lipinski definition) is 5. The molecule has 3 rings (SSSR count). The second-order valence-corrected chi connectivity index (χ2v) is 6.83. The van der Waals surface area contributed by atoms with Gasteiger partial charge in [-0.15, -0.1) is 0 Å². The van der Waals surface area contributed by atoms with E-state index in [-0.39, 0.29) is 30.0 Å². The molecule has 0 saturated heterocycles. The van der Waals surface area contributed by atoms with Crippen molar-refractivity contribution in [3.63, 3.8) is 0 Å². The first-order valence-corrected chi connectivity index (χ1v) is 9.61. The van der Waals surface area contributed by atoms with Gasteiger partial charge in [0.1, 0.15) is 17.4 Å². The van der Waals surface area contributed by atoms with E-state index in [0.717, 1.165) is 11.3 Å². The Bertz CT molecular complexity index is 1130. The zero-order valence-corrected chi connectivity index (χ0v) is 16.6. The number of nitrogens with two attached hydrogens (primary N) is 1. The van der Waals surface area contributed by atoms with E-state index in [4.69, 9.17) is 10.2 Å². The van der Waals surface area contributed by atoms with Crippen LogP contribution in [0.2, 0.25) is 0 Å². The summed E-state index contributed by atoms with van der Waals surface area (Å²) in [5, 5.41) is 0. The van der Waals surface area contributed by atoms with E-state index < -0.39 is 23.0 Å². The van der Waals surface area contributed by atoms with Crippen molar-refractivity contribution in [2.75, 3.05) is 10.6 Å². The number of rotatable bonds is 8. The molecule has 9 heteroatoms. The number of amides is 1. The van der Waals surface area contributed by atoms with Gasteiger partial charge in [-0.05, 0) is 30.2 Å². The molecule has 3 N–H and O–H groups in total. The van der Waals surface area contributed by atoms with Crippen LogP contribution in [0.5, 0.6) is 0 Å². The molecule has 3 aromatic rings. The number of nitrogens with one attached hydrogen (secondary N) is 1. The number of hydrogen-bond donors (Lipinski definition) is 2. The van der Waals surface area contributed by atoms with Gasteiger partial charge >= 0.3 is 5.69 Å². The van der Waals surface area contributed by atoms with Crippen molar-refractivity contribution in [2.24, 2.45) is 0 Å². The molecule has 0 saturated carbocycles. The summed E-state index contributed by atoms with van der Waals surface area (Å²) in [6.45, 7) is 2.15. The SMILES string of the molecule is CCCCn1c(N)c(N(Cc2ccco2)C(=O)Cc2ccccc2F)c(=O)[nH]c1=O. The van der Waals surface area contributed by atoms with Gasteiger partial charge in [-0.25, -0.2) is 9.18 Å². The first-order chi connectivity index (χ1) is 14.4. The maximum Gasteiger partial charge on any atom is 0.330 e. The van der Waals surface area contributed by atoms with Crippen LogP contribution in [0.1, 0.15) is 31.1 Å². The molecule has 0 spiro atoms. The lowest BCUT2D eigenvalue weighted by Gasteiger charge is -2.24. The van der Waals surface area contributed by atoms with Crippen molar-refractivity contribution in [1.82, 2.24) is 9.55 Å². The van der Waals surface area contributed by atoms with Crippen LogP contribution in [0.15, 0.2) is 56.7 Å². The summed E-state index contributed by atoms with van der Waals surface area (Å²) in [4.78, 5) is 41.3. The first-order valence-electron chi connectivity index (χ1n) is 9.61. The molecule has 8 nitrogen and oxygen atoms in total. The maximum absolute atomic E-state index is 14.1. The summed E-state index contributed by atoms with van der Waals surface area (Å²) >= 11 is 0. The number of benzene rings is 1. The molecule has 0 atom stereocenters. The standard InChI is InChI=1S/C21H23FN4O4/c1-2-3-10-25-19(23)18(20(28)24-21(25)29)26(13-15-8-6-11-30-15)17(27)12-14-7-4-5-9-16(14)22/h4-9,11H,2-3,10,12-13,23H2,1H3,(H,24,28,29). The number of carbonyl (C=O) groups excluding carboxylic acids is 1. The second kappa shape index (κ2) is 9.25. The molecule has 0 aliphatic heterocycles. The van der Waals surface area contributed by atoms with Crippen LogP contribution >= 0.6 is 0 Å². The Morgan fingerprint density at radius 1 is 1.23 bits per heavy atom. The Morgan fingerprint density at radius 2 is 2.00 bits per heavy atom. The van der Waals surface area contributed by atoms with E-state index in [2.05, 4.69) is 4.98 Å². The number of furan rings is 1. The molecule has 0 radical (unpaired) electrons. The molecule has 0 aliphatic carbocycles. The highest BCUT2D eigenvalue weighted by Crippen LogP contribution is 2.22. The predicted octanol–water partition coefficient (Wildman–Crippen LogP) is 2.43. The number of aromatic nitrogens is 2. The number of halogens is 1. The van der Waals surface area contributed by atoms with E-state index in [9.17, 15) is 18.8 Å². The third kappa shape index (κ3) is 4.51. The molecule has 0 aliphatic rings. The summed E-state index contributed by atoms with van der Waals surface area (Å²) < 4.78 is 20.6. The van der Waals surface area contributed by atoms with Gasteiger partial charge < -0.3 is 10.2 Å². The molecular formula is C21H23FN4O4. The summed E-state index contributed by atoms with van der Waals surface area (Å²) in [5.41, 5.74) is 4.74. The monoisotopic (exact) mass is 414 g/mol. The van der Waals surface area contributed by atoms with Gasteiger partial charge in [0, 0.05) is 6.54 Å². The normalized spacial score (nSPS) is 10.9. The van der Waals surface area contributed by atoms with Crippen molar-refractivity contribution >= 4 is 17.4 Å². The largest absolute Gasteiger partial charge is 0.467 e. The van der Waals surface area contributed by atoms with Crippen molar-refractivity contribution < 1.29 is 13.6 Å². The summed E-state index contributed by atoms with van der Waals surface area (Å²) in [7, 11) is 0. The zero-order chi connectivity index (χ0) is 21.7. The lowest BCUT2D eigenvalue weighted by molar-refractivity contribution is -0.118. The third-order valence-corrected chi connectivity index (χ3v) is 4.71. The van der Waals surface area contributed by atoms with Crippen molar-refractivity contribution in [2.45, 2.75) is 39.3 Å². The fraction of sp³-hybridized carbons (Fsp3) is 0.286. The second-order valence-electron chi connectivity index (χ2n) is 6.83. The van der Waals surface area contributed by atoms with Gasteiger partial charge in [0.2, 0.25) is 5.91 Å². The number of H-pyrrole nitrogens is 1. The zero-order valence-electron chi connectivity index (χ0n) is 16.6. The van der Waals surface area contributed by atoms with Gasteiger partial charge in [-0.3, -0.25) is 24.0 Å². The first kappa shape index (κ1) is 21.1. The molecule has 30 heavy (non-hydrogen) atoms. The summed E-state index contributed by atoms with van der Waals surface area (Å²) in [5.74, 6) is -0.805. The molecule has 0 unspecified atom stereocenters. The Hall–Kier alpha value is -3.62. The van der Waals surface area contributed by atoms with E-state index in [1.807, 2.05) is 6.92 Å². The molecule has 1 amide bonds. The lowest BCUT2D eigenvalue weighted by atomic mass is 10.1. The Kier molecular flexibility index (Phi) is 6.51. The van der Waals surface area contributed by atoms with Crippen molar-refractivity contribution in [3.05, 3.63) is 80.6 Å². The molecule has 0 fully saturated rings. The van der Waals surface area contributed by atoms with Gasteiger partial charge in [0.25, 0.3) is 5.56 Å². The minimum absolute atomic E-state index is 0.0977. The third-order valence-electron chi connectivity index (χ3n) is 4.71. The van der Waals surface area contributed by atoms with E-state index in [1.165, 1.54) is 29.0 Å². The molecule has 158 valence electrons. The highest BCUT2D eigenvalue weighted by molar-refractivity contribution is 5.96. The van der Waals surface area contributed by atoms with E-state index in [1.54, 1.807) is 18.2 Å². The molecule has 2 heterocycles. The van der Waals surface area contributed by atoms with Crippen LogP contribution in [0.3, 0.4) is 0 Å². The predicted molar refractivity (Wildman–Crippen MR) is 111 cm³/mol. The van der Waals surface area contributed by atoms with Gasteiger partial charge in [0.05, 0.1) is 19.2 Å². The van der Waals surface area contributed by atoms with Gasteiger partial charge in [-0.2, -0.15) is 0 Å². The van der Waals surface area contributed by atoms with E-state index >= 15 is 0 Å². The molecule has 2 aromatic heterocycles. The van der Waals surface area contributed by atoms with Crippen LogP contribution in [0.25, 0.3) is 0 Å². The molecular weight excluding hydrogens is 391 g/mol. The number of nitrogens with zero attached hydrogens (tertiary/aromatic N) is 2. The fourth-order valence-corrected chi connectivity index (χ4v) is 3.13. The lowest BCUT2D eigenvalue weighted by Crippen LogP contribution is -2.41. The molecule has 0 bridgehead atoms.